The molecule has 128 valence electrons. The summed E-state index contributed by atoms with van der Waals surface area (Å²) in [5.41, 5.74) is 0.649. The minimum atomic E-state index is -1.77. The average Bonchev–Trinajstić information content (AvgIpc) is 2.46. The lowest BCUT2D eigenvalue weighted by molar-refractivity contribution is -0.121. The Morgan fingerprint density at radius 1 is 1.30 bits per heavy atom. The van der Waals surface area contributed by atoms with Crippen LogP contribution in [0.3, 0.4) is 0 Å². The van der Waals surface area contributed by atoms with Gasteiger partial charge in [-0.2, -0.15) is 0 Å². The van der Waals surface area contributed by atoms with Crippen molar-refractivity contribution < 1.29 is 9.53 Å². The molecule has 0 saturated carbocycles. The van der Waals surface area contributed by atoms with E-state index < -0.39 is 9.96 Å². The molecule has 23 heavy (non-hydrogen) atoms. The van der Waals surface area contributed by atoms with E-state index in [0.717, 1.165) is 0 Å². The van der Waals surface area contributed by atoms with Gasteiger partial charge in [0.05, 0.1) is 12.8 Å². The van der Waals surface area contributed by atoms with Gasteiger partial charge >= 0.3 is 0 Å². The van der Waals surface area contributed by atoms with Crippen molar-refractivity contribution in [2.45, 2.75) is 29.7 Å². The number of anilines is 1. The highest BCUT2D eigenvalue weighted by Crippen LogP contribution is 2.29. The maximum Gasteiger partial charge on any atom is 0.228 e. The summed E-state index contributed by atoms with van der Waals surface area (Å²) in [5, 5.41) is 8.50. The van der Waals surface area contributed by atoms with Crippen LogP contribution < -0.4 is 20.7 Å². The SMILES string of the molecule is CCCC(=O)N[C@@H](NC(=S)Nc1ccccc1OC)C(Cl)(Cl)Cl. The first-order valence-corrected chi connectivity index (χ1v) is 8.38. The van der Waals surface area contributed by atoms with E-state index in [9.17, 15) is 4.79 Å². The van der Waals surface area contributed by atoms with Gasteiger partial charge in [-0.05, 0) is 30.8 Å². The molecular weight excluding hydrogens is 381 g/mol. The van der Waals surface area contributed by atoms with Crippen molar-refractivity contribution >= 4 is 63.7 Å². The molecule has 0 aromatic heterocycles. The van der Waals surface area contributed by atoms with Crippen LogP contribution >= 0.6 is 47.0 Å². The molecule has 0 aliphatic carbocycles. The molecule has 0 bridgehead atoms. The van der Waals surface area contributed by atoms with Crippen LogP contribution in [0.4, 0.5) is 5.69 Å². The first kappa shape index (κ1) is 20.1. The molecule has 1 atom stereocenters. The second-order valence-electron chi connectivity index (χ2n) is 4.59. The van der Waals surface area contributed by atoms with Gasteiger partial charge in [0.2, 0.25) is 9.70 Å². The third-order valence-electron chi connectivity index (χ3n) is 2.74. The van der Waals surface area contributed by atoms with Crippen LogP contribution in [0.1, 0.15) is 19.8 Å². The smallest absolute Gasteiger partial charge is 0.228 e. The molecule has 0 fully saturated rings. The number of carbonyl (C=O) groups is 1. The molecule has 1 amide bonds. The summed E-state index contributed by atoms with van der Waals surface area (Å²) in [6, 6.07) is 7.21. The molecule has 3 N–H and O–H groups in total. The topological polar surface area (TPSA) is 62.4 Å². The number of hydrogen-bond donors (Lipinski definition) is 3. The fourth-order valence-electron chi connectivity index (χ4n) is 1.70. The second-order valence-corrected chi connectivity index (χ2v) is 7.37. The van der Waals surface area contributed by atoms with Gasteiger partial charge in [-0.1, -0.05) is 53.9 Å². The summed E-state index contributed by atoms with van der Waals surface area (Å²) < 4.78 is 3.45. The molecule has 1 aromatic carbocycles. The highest BCUT2D eigenvalue weighted by molar-refractivity contribution is 7.80. The molecule has 0 aliphatic heterocycles. The van der Waals surface area contributed by atoms with Crippen molar-refractivity contribution in [2.24, 2.45) is 0 Å². The summed E-state index contributed by atoms with van der Waals surface area (Å²) in [6.45, 7) is 1.88. The largest absolute Gasteiger partial charge is 0.495 e. The van der Waals surface area contributed by atoms with E-state index >= 15 is 0 Å². The Hall–Kier alpha value is -0.950. The number of halogens is 3. The molecule has 0 aliphatic rings. The van der Waals surface area contributed by atoms with Gasteiger partial charge in [0.25, 0.3) is 0 Å². The molecule has 0 heterocycles. The number of nitrogens with one attached hydrogen (secondary N) is 3. The summed E-state index contributed by atoms with van der Waals surface area (Å²) in [7, 11) is 1.55. The fourth-order valence-corrected chi connectivity index (χ4v) is 2.25. The van der Waals surface area contributed by atoms with Crippen LogP contribution in [-0.4, -0.2) is 28.1 Å². The minimum absolute atomic E-state index is 0.183. The zero-order valence-corrected chi connectivity index (χ0v) is 15.7. The van der Waals surface area contributed by atoms with Crippen LogP contribution in [-0.2, 0) is 4.79 Å². The normalized spacial score (nSPS) is 12.2. The van der Waals surface area contributed by atoms with Gasteiger partial charge in [-0.25, -0.2) is 0 Å². The maximum absolute atomic E-state index is 11.7. The molecule has 0 spiro atoms. The van der Waals surface area contributed by atoms with Crippen molar-refractivity contribution in [1.29, 1.82) is 0 Å². The fraction of sp³-hybridized carbons (Fsp3) is 0.429. The van der Waals surface area contributed by atoms with Gasteiger partial charge < -0.3 is 20.7 Å². The molecule has 9 heteroatoms. The lowest BCUT2D eigenvalue weighted by Gasteiger charge is -2.28. The van der Waals surface area contributed by atoms with Crippen molar-refractivity contribution in [3.05, 3.63) is 24.3 Å². The van der Waals surface area contributed by atoms with E-state index in [4.69, 9.17) is 51.8 Å². The van der Waals surface area contributed by atoms with Gasteiger partial charge in [0.1, 0.15) is 11.9 Å². The predicted molar refractivity (Wildman–Crippen MR) is 99.5 cm³/mol. The van der Waals surface area contributed by atoms with Crippen LogP contribution in [0.2, 0.25) is 0 Å². The molecule has 0 saturated heterocycles. The number of carbonyl (C=O) groups excluding carboxylic acids is 1. The first-order valence-electron chi connectivity index (χ1n) is 6.84. The van der Waals surface area contributed by atoms with Crippen LogP contribution in [0.5, 0.6) is 5.75 Å². The summed E-state index contributed by atoms with van der Waals surface area (Å²) in [4.78, 5) is 11.7. The van der Waals surface area contributed by atoms with Crippen LogP contribution in [0, 0.1) is 0 Å². The van der Waals surface area contributed by atoms with Crippen molar-refractivity contribution in [3.63, 3.8) is 0 Å². The molecule has 5 nitrogen and oxygen atoms in total. The van der Waals surface area contributed by atoms with Crippen molar-refractivity contribution in [3.8, 4) is 5.75 Å². The standard InChI is InChI=1S/C14H18Cl3N3O2S/c1-3-6-11(21)19-12(14(15,16)17)20-13(23)18-9-7-4-5-8-10(9)22-2/h4-5,7-8,12H,3,6H2,1-2H3,(H,19,21)(H2,18,20,23)/t12-/m0/s1. The Bertz CT molecular complexity index is 552. The van der Waals surface area contributed by atoms with Crippen LogP contribution in [0.15, 0.2) is 24.3 Å². The molecule has 1 rings (SSSR count). The minimum Gasteiger partial charge on any atom is -0.495 e. The van der Waals surface area contributed by atoms with E-state index in [0.29, 0.717) is 24.3 Å². The van der Waals surface area contributed by atoms with E-state index in [1.807, 2.05) is 19.1 Å². The van der Waals surface area contributed by atoms with Crippen molar-refractivity contribution in [2.75, 3.05) is 12.4 Å². The number of methoxy groups -OCH3 is 1. The maximum atomic E-state index is 11.7. The number of hydrogen-bond acceptors (Lipinski definition) is 3. The quantitative estimate of drug-likeness (QED) is 0.388. The Morgan fingerprint density at radius 3 is 2.52 bits per heavy atom. The zero-order chi connectivity index (χ0) is 17.5. The highest BCUT2D eigenvalue weighted by atomic mass is 35.6. The van der Waals surface area contributed by atoms with Crippen LogP contribution in [0.25, 0.3) is 0 Å². The molecular formula is C14H18Cl3N3O2S. The zero-order valence-electron chi connectivity index (χ0n) is 12.7. The predicted octanol–water partition coefficient (Wildman–Crippen LogP) is 3.59. The number of para-hydroxylation sites is 2. The number of benzene rings is 1. The number of amides is 1. The Kier molecular flexibility index (Phi) is 8.19. The number of rotatable bonds is 6. The van der Waals surface area contributed by atoms with Crippen molar-refractivity contribution in [1.82, 2.24) is 10.6 Å². The summed E-state index contributed by atoms with van der Waals surface area (Å²) >= 11 is 22.9. The molecule has 1 aromatic rings. The van der Waals surface area contributed by atoms with E-state index in [-0.39, 0.29) is 11.0 Å². The lowest BCUT2D eigenvalue weighted by atomic mass is 10.3. The number of ether oxygens (including phenoxy) is 1. The third-order valence-corrected chi connectivity index (χ3v) is 3.61. The third kappa shape index (κ3) is 6.99. The Balaban J connectivity index is 2.75. The summed E-state index contributed by atoms with van der Waals surface area (Å²) in [5.74, 6) is 0.369. The Morgan fingerprint density at radius 2 is 1.96 bits per heavy atom. The lowest BCUT2D eigenvalue weighted by Crippen LogP contribution is -2.56. The number of alkyl halides is 3. The van der Waals surface area contributed by atoms with E-state index in [1.54, 1.807) is 19.2 Å². The monoisotopic (exact) mass is 397 g/mol. The Labute approximate surface area is 156 Å². The highest BCUT2D eigenvalue weighted by Gasteiger charge is 2.34. The van der Waals surface area contributed by atoms with Gasteiger partial charge in [0.15, 0.2) is 5.11 Å². The van der Waals surface area contributed by atoms with E-state index in [1.165, 1.54) is 0 Å². The van der Waals surface area contributed by atoms with Gasteiger partial charge in [-0.3, -0.25) is 4.79 Å². The summed E-state index contributed by atoms with van der Waals surface area (Å²) in [6.07, 6.45) is 0.0368. The van der Waals surface area contributed by atoms with E-state index in [2.05, 4.69) is 16.0 Å². The van der Waals surface area contributed by atoms with Gasteiger partial charge in [-0.15, -0.1) is 0 Å². The number of thiocarbonyl (C=S) groups is 1. The average molecular weight is 399 g/mol. The molecule has 0 radical (unpaired) electrons. The van der Waals surface area contributed by atoms with Gasteiger partial charge in [0, 0.05) is 6.42 Å². The second kappa shape index (κ2) is 9.37. The molecule has 0 unspecified atom stereocenters. The first-order chi connectivity index (χ1) is 10.8.